The molecule has 0 aliphatic rings. The molecule has 1 atom stereocenters. The second kappa shape index (κ2) is 7.92. The number of hydrogen-bond acceptors (Lipinski definition) is 3. The van der Waals surface area contributed by atoms with Gasteiger partial charge >= 0.3 is 6.03 Å². The zero-order chi connectivity index (χ0) is 12.6. The van der Waals surface area contributed by atoms with Crippen molar-refractivity contribution in [3.63, 3.8) is 0 Å². The number of aliphatic hydroxyl groups excluding tert-OH is 1. The number of carbonyl (C=O) groups is 2. The number of amides is 3. The molecule has 0 radical (unpaired) electrons. The van der Waals surface area contributed by atoms with Crippen LogP contribution in [0, 0.1) is 5.92 Å². The number of aliphatic hydroxyl groups is 1. The monoisotopic (exact) mass is 231 g/mol. The lowest BCUT2D eigenvalue weighted by atomic mass is 10.0. The summed E-state index contributed by atoms with van der Waals surface area (Å²) in [5.41, 5.74) is 4.98. The lowest BCUT2D eigenvalue weighted by Crippen LogP contribution is -2.51. The summed E-state index contributed by atoms with van der Waals surface area (Å²) in [7, 11) is 0. The van der Waals surface area contributed by atoms with Gasteiger partial charge in [0.2, 0.25) is 5.91 Å². The van der Waals surface area contributed by atoms with Crippen molar-refractivity contribution in [2.75, 3.05) is 13.2 Å². The van der Waals surface area contributed by atoms with Gasteiger partial charge in [-0.05, 0) is 18.8 Å². The molecule has 5 N–H and O–H groups in total. The van der Waals surface area contributed by atoms with E-state index in [0.29, 0.717) is 19.4 Å². The summed E-state index contributed by atoms with van der Waals surface area (Å²) in [6.07, 6.45) is 1.36. The molecule has 0 spiro atoms. The van der Waals surface area contributed by atoms with Gasteiger partial charge in [0.05, 0.1) is 0 Å². The molecule has 0 aliphatic heterocycles. The maximum absolute atomic E-state index is 11.6. The van der Waals surface area contributed by atoms with E-state index >= 15 is 0 Å². The lowest BCUT2D eigenvalue weighted by Gasteiger charge is -2.20. The van der Waals surface area contributed by atoms with Crippen molar-refractivity contribution in [2.24, 2.45) is 11.7 Å². The Morgan fingerprint density at radius 1 is 1.31 bits per heavy atom. The Morgan fingerprint density at radius 2 is 1.94 bits per heavy atom. The van der Waals surface area contributed by atoms with Crippen LogP contribution in [-0.2, 0) is 4.79 Å². The summed E-state index contributed by atoms with van der Waals surface area (Å²) in [6, 6.07) is -1.31. The molecule has 6 nitrogen and oxygen atoms in total. The van der Waals surface area contributed by atoms with Crippen molar-refractivity contribution >= 4 is 11.9 Å². The van der Waals surface area contributed by atoms with Gasteiger partial charge in [0, 0.05) is 13.2 Å². The molecule has 1 unspecified atom stereocenters. The van der Waals surface area contributed by atoms with Gasteiger partial charge < -0.3 is 21.5 Å². The molecule has 16 heavy (non-hydrogen) atoms. The highest BCUT2D eigenvalue weighted by atomic mass is 16.3. The number of hydrogen-bond donors (Lipinski definition) is 4. The van der Waals surface area contributed by atoms with E-state index < -0.39 is 12.1 Å². The molecule has 0 aromatic heterocycles. The maximum atomic E-state index is 11.6. The smallest absolute Gasteiger partial charge is 0.312 e. The SMILES string of the molecule is CC(C)C(NC(N)=O)C(=O)NCCCCO. The van der Waals surface area contributed by atoms with Crippen molar-refractivity contribution in [3.8, 4) is 0 Å². The minimum absolute atomic E-state index is 0.0228. The van der Waals surface area contributed by atoms with E-state index in [4.69, 9.17) is 10.8 Å². The van der Waals surface area contributed by atoms with Crippen LogP contribution in [-0.4, -0.2) is 36.2 Å². The summed E-state index contributed by atoms with van der Waals surface area (Å²) in [4.78, 5) is 22.3. The second-order valence-corrected chi connectivity index (χ2v) is 3.95. The predicted octanol–water partition coefficient (Wildman–Crippen LogP) is -0.432. The molecular formula is C10H21N3O3. The standard InChI is InChI=1S/C10H21N3O3/c1-7(2)8(13-10(11)16)9(15)12-5-3-4-6-14/h7-8,14H,3-6H2,1-2H3,(H,12,15)(H3,11,13,16). The van der Waals surface area contributed by atoms with Gasteiger partial charge in [-0.15, -0.1) is 0 Å². The highest BCUT2D eigenvalue weighted by Gasteiger charge is 2.22. The van der Waals surface area contributed by atoms with E-state index in [0.717, 1.165) is 0 Å². The third-order valence-electron chi connectivity index (χ3n) is 2.13. The fourth-order valence-corrected chi connectivity index (χ4v) is 1.25. The van der Waals surface area contributed by atoms with Gasteiger partial charge in [-0.2, -0.15) is 0 Å². The van der Waals surface area contributed by atoms with E-state index in [1.54, 1.807) is 0 Å². The summed E-state index contributed by atoms with van der Waals surface area (Å²) in [5.74, 6) is -0.267. The van der Waals surface area contributed by atoms with E-state index in [-0.39, 0.29) is 18.4 Å². The van der Waals surface area contributed by atoms with Crippen LogP contribution < -0.4 is 16.4 Å². The molecule has 6 heteroatoms. The van der Waals surface area contributed by atoms with E-state index in [9.17, 15) is 9.59 Å². The Hall–Kier alpha value is -1.30. The Bertz CT molecular complexity index is 231. The van der Waals surface area contributed by atoms with E-state index in [1.165, 1.54) is 0 Å². The van der Waals surface area contributed by atoms with Crippen molar-refractivity contribution in [1.82, 2.24) is 10.6 Å². The Labute approximate surface area is 95.6 Å². The van der Waals surface area contributed by atoms with E-state index in [1.807, 2.05) is 13.8 Å². The van der Waals surface area contributed by atoms with Crippen LogP contribution in [0.5, 0.6) is 0 Å². The minimum Gasteiger partial charge on any atom is -0.396 e. The van der Waals surface area contributed by atoms with Gasteiger partial charge in [0.15, 0.2) is 0 Å². The number of rotatable bonds is 7. The van der Waals surface area contributed by atoms with Gasteiger partial charge in [-0.1, -0.05) is 13.8 Å². The van der Waals surface area contributed by atoms with Crippen molar-refractivity contribution in [3.05, 3.63) is 0 Å². The van der Waals surface area contributed by atoms with Gasteiger partial charge in [0.25, 0.3) is 0 Å². The second-order valence-electron chi connectivity index (χ2n) is 3.95. The highest BCUT2D eigenvalue weighted by Crippen LogP contribution is 2.01. The number of nitrogens with two attached hydrogens (primary N) is 1. The van der Waals surface area contributed by atoms with Crippen molar-refractivity contribution < 1.29 is 14.7 Å². The molecule has 0 bridgehead atoms. The molecule has 0 fully saturated rings. The largest absolute Gasteiger partial charge is 0.396 e. The summed E-state index contributed by atoms with van der Waals surface area (Å²) in [5, 5.41) is 13.6. The molecule has 94 valence electrons. The van der Waals surface area contributed by atoms with Crippen LogP contribution in [0.4, 0.5) is 4.79 Å². The number of carbonyl (C=O) groups excluding carboxylic acids is 2. The third kappa shape index (κ3) is 6.23. The maximum Gasteiger partial charge on any atom is 0.312 e. The topological polar surface area (TPSA) is 104 Å². The zero-order valence-electron chi connectivity index (χ0n) is 9.82. The first-order valence-corrected chi connectivity index (χ1v) is 5.43. The molecule has 0 heterocycles. The van der Waals surface area contributed by atoms with Gasteiger partial charge in [0.1, 0.15) is 6.04 Å². The van der Waals surface area contributed by atoms with Crippen LogP contribution in [0.25, 0.3) is 0 Å². The summed E-state index contributed by atoms with van der Waals surface area (Å²) >= 11 is 0. The number of nitrogens with one attached hydrogen (secondary N) is 2. The normalized spacial score (nSPS) is 12.2. The fourth-order valence-electron chi connectivity index (χ4n) is 1.25. The molecule has 0 saturated heterocycles. The Kier molecular flexibility index (Phi) is 7.28. The molecule has 0 aromatic rings. The highest BCUT2D eigenvalue weighted by molar-refractivity contribution is 5.86. The number of primary amides is 1. The summed E-state index contributed by atoms with van der Waals surface area (Å²) in [6.45, 7) is 4.26. The Balaban J connectivity index is 4.02. The predicted molar refractivity (Wildman–Crippen MR) is 60.7 cm³/mol. The third-order valence-corrected chi connectivity index (χ3v) is 2.13. The first-order chi connectivity index (χ1) is 7.49. The van der Waals surface area contributed by atoms with Crippen molar-refractivity contribution in [2.45, 2.75) is 32.7 Å². The average molecular weight is 231 g/mol. The van der Waals surface area contributed by atoms with Crippen LogP contribution in [0.15, 0.2) is 0 Å². The summed E-state index contributed by atoms with van der Waals surface area (Å²) < 4.78 is 0. The van der Waals surface area contributed by atoms with Gasteiger partial charge in [-0.25, -0.2) is 4.79 Å². The van der Waals surface area contributed by atoms with Gasteiger partial charge in [-0.3, -0.25) is 4.79 Å². The first kappa shape index (κ1) is 14.7. The lowest BCUT2D eigenvalue weighted by molar-refractivity contribution is -0.123. The average Bonchev–Trinajstić information content (AvgIpc) is 2.20. The molecule has 0 saturated carbocycles. The van der Waals surface area contributed by atoms with Crippen LogP contribution in [0.2, 0.25) is 0 Å². The quantitative estimate of drug-likeness (QED) is 0.447. The Morgan fingerprint density at radius 3 is 2.38 bits per heavy atom. The molecule has 3 amide bonds. The van der Waals surface area contributed by atoms with E-state index in [2.05, 4.69) is 10.6 Å². The van der Waals surface area contributed by atoms with Crippen LogP contribution in [0.3, 0.4) is 0 Å². The minimum atomic E-state index is -0.704. The molecular weight excluding hydrogens is 210 g/mol. The fraction of sp³-hybridized carbons (Fsp3) is 0.800. The molecule has 0 rings (SSSR count). The van der Waals surface area contributed by atoms with Crippen molar-refractivity contribution in [1.29, 1.82) is 0 Å². The number of urea groups is 1. The number of unbranched alkanes of at least 4 members (excludes halogenated alkanes) is 1. The molecule has 0 aliphatic carbocycles. The van der Waals surface area contributed by atoms with Crippen LogP contribution >= 0.6 is 0 Å². The van der Waals surface area contributed by atoms with Crippen LogP contribution in [0.1, 0.15) is 26.7 Å². The first-order valence-electron chi connectivity index (χ1n) is 5.43. The zero-order valence-corrected chi connectivity index (χ0v) is 9.82. The molecule has 0 aromatic carbocycles.